The van der Waals surface area contributed by atoms with Gasteiger partial charge in [0.05, 0.1) is 13.2 Å². The molecule has 0 aromatic heterocycles. The van der Waals surface area contributed by atoms with Gasteiger partial charge in [-0.15, -0.1) is 0 Å². The molecule has 0 amide bonds. The number of hydrogen-bond acceptors (Lipinski definition) is 4. The van der Waals surface area contributed by atoms with Gasteiger partial charge in [0, 0.05) is 57.9 Å². The molecule has 2 aliphatic heterocycles. The fraction of sp³-hybridized carbons (Fsp3) is 0.714. The van der Waals surface area contributed by atoms with Gasteiger partial charge in [-0.1, -0.05) is 31.2 Å². The minimum absolute atomic E-state index is 0.656. The normalized spacial score (nSPS) is 24.1. The smallest absolute Gasteiger partial charge is 0.0594 e. The van der Waals surface area contributed by atoms with E-state index in [1.165, 1.54) is 37.2 Å². The van der Waals surface area contributed by atoms with E-state index in [1.807, 2.05) is 0 Å². The minimum Gasteiger partial charge on any atom is -0.379 e. The molecule has 3 rings (SSSR count). The third kappa shape index (κ3) is 5.27. The Hall–Kier alpha value is -0.940. The van der Waals surface area contributed by atoms with Crippen LogP contribution in [0.15, 0.2) is 24.3 Å². The first-order valence-corrected chi connectivity index (χ1v) is 10.0. The summed E-state index contributed by atoms with van der Waals surface area (Å²) < 4.78 is 5.46. The van der Waals surface area contributed by atoms with Crippen LogP contribution in [-0.2, 0) is 17.8 Å². The van der Waals surface area contributed by atoms with Crippen molar-refractivity contribution in [3.05, 3.63) is 35.4 Å². The molecule has 2 heterocycles. The molecule has 4 nitrogen and oxygen atoms in total. The molecule has 25 heavy (non-hydrogen) atoms. The second kappa shape index (κ2) is 9.13. The molecule has 1 atom stereocenters. The van der Waals surface area contributed by atoms with Gasteiger partial charge in [-0.3, -0.25) is 14.7 Å². The van der Waals surface area contributed by atoms with Gasteiger partial charge in [0.15, 0.2) is 0 Å². The molecule has 1 aromatic rings. The summed E-state index contributed by atoms with van der Waals surface area (Å²) in [7, 11) is 0. The van der Waals surface area contributed by atoms with Crippen molar-refractivity contribution in [3.63, 3.8) is 0 Å². The Kier molecular flexibility index (Phi) is 6.88. The van der Waals surface area contributed by atoms with E-state index in [4.69, 9.17) is 4.74 Å². The van der Waals surface area contributed by atoms with Crippen LogP contribution in [0.2, 0.25) is 0 Å². The Morgan fingerprint density at radius 1 is 1.00 bits per heavy atom. The predicted molar refractivity (Wildman–Crippen MR) is 104 cm³/mol. The zero-order valence-electron chi connectivity index (χ0n) is 16.3. The van der Waals surface area contributed by atoms with Gasteiger partial charge in [-0.05, 0) is 31.4 Å². The highest BCUT2D eigenvalue weighted by Gasteiger charge is 2.27. The molecule has 0 saturated carbocycles. The molecule has 0 unspecified atom stereocenters. The number of morpholine rings is 1. The average molecular weight is 346 g/mol. The summed E-state index contributed by atoms with van der Waals surface area (Å²) in [6, 6.07) is 10.6. The van der Waals surface area contributed by atoms with Crippen LogP contribution < -0.4 is 0 Å². The van der Waals surface area contributed by atoms with Crippen molar-refractivity contribution >= 4 is 0 Å². The van der Waals surface area contributed by atoms with Crippen LogP contribution >= 0.6 is 0 Å². The number of nitrogens with zero attached hydrogens (tertiary/aromatic N) is 3. The molecular weight excluding hydrogens is 310 g/mol. The lowest BCUT2D eigenvalue weighted by Crippen LogP contribution is -2.54. The maximum Gasteiger partial charge on any atom is 0.0594 e. The number of rotatable bonds is 6. The van der Waals surface area contributed by atoms with Crippen molar-refractivity contribution in [2.45, 2.75) is 52.4 Å². The zero-order chi connectivity index (χ0) is 17.6. The van der Waals surface area contributed by atoms with E-state index >= 15 is 0 Å². The van der Waals surface area contributed by atoms with Crippen LogP contribution in [0.5, 0.6) is 0 Å². The van der Waals surface area contributed by atoms with Gasteiger partial charge >= 0.3 is 0 Å². The third-order valence-corrected chi connectivity index (χ3v) is 5.65. The number of ether oxygens (including phenoxy) is 1. The van der Waals surface area contributed by atoms with E-state index in [2.05, 4.69) is 59.7 Å². The highest BCUT2D eigenvalue weighted by molar-refractivity contribution is 5.23. The third-order valence-electron chi connectivity index (χ3n) is 5.65. The summed E-state index contributed by atoms with van der Waals surface area (Å²) in [4.78, 5) is 7.81. The monoisotopic (exact) mass is 345 g/mol. The van der Waals surface area contributed by atoms with Gasteiger partial charge in [0.2, 0.25) is 0 Å². The lowest BCUT2D eigenvalue weighted by atomic mass is 10.1. The molecule has 2 fully saturated rings. The van der Waals surface area contributed by atoms with Crippen LogP contribution in [0.3, 0.4) is 0 Å². The van der Waals surface area contributed by atoms with Crippen molar-refractivity contribution in [2.75, 3.05) is 45.9 Å². The summed E-state index contributed by atoms with van der Waals surface area (Å²) in [5.41, 5.74) is 2.89. The molecule has 2 aliphatic rings. The van der Waals surface area contributed by atoms with Gasteiger partial charge < -0.3 is 4.74 Å². The first-order chi connectivity index (χ1) is 12.2. The SMILES string of the molecule is CC[C@@H]1CN(Cc2cccc(CN3CCOCC3)c2)CCN1C(C)C. The quantitative estimate of drug-likeness (QED) is 0.789. The Labute approximate surface area is 153 Å². The van der Waals surface area contributed by atoms with Crippen molar-refractivity contribution in [1.29, 1.82) is 0 Å². The topological polar surface area (TPSA) is 19.0 Å². The van der Waals surface area contributed by atoms with Crippen LogP contribution in [0.4, 0.5) is 0 Å². The van der Waals surface area contributed by atoms with Crippen molar-refractivity contribution in [2.24, 2.45) is 0 Å². The number of piperazine rings is 1. The van der Waals surface area contributed by atoms with E-state index in [9.17, 15) is 0 Å². The maximum atomic E-state index is 5.46. The van der Waals surface area contributed by atoms with Crippen molar-refractivity contribution in [3.8, 4) is 0 Å². The molecule has 0 bridgehead atoms. The summed E-state index contributed by atoms with van der Waals surface area (Å²) >= 11 is 0. The molecule has 0 spiro atoms. The fourth-order valence-corrected chi connectivity index (χ4v) is 4.22. The molecule has 0 radical (unpaired) electrons. The van der Waals surface area contributed by atoms with E-state index in [0.717, 1.165) is 39.4 Å². The molecule has 4 heteroatoms. The first kappa shape index (κ1) is 18.8. The Balaban J connectivity index is 1.56. The van der Waals surface area contributed by atoms with Crippen molar-refractivity contribution in [1.82, 2.24) is 14.7 Å². The van der Waals surface area contributed by atoms with E-state index < -0.39 is 0 Å². The van der Waals surface area contributed by atoms with Crippen LogP contribution in [-0.4, -0.2) is 72.7 Å². The highest BCUT2D eigenvalue weighted by atomic mass is 16.5. The standard InChI is InChI=1S/C21H35N3O/c1-4-21-17-23(8-9-24(21)18(2)3)16-20-7-5-6-19(14-20)15-22-10-12-25-13-11-22/h5-7,14,18,21H,4,8-13,15-17H2,1-3H3/t21-/m1/s1. The molecule has 140 valence electrons. The highest BCUT2D eigenvalue weighted by Crippen LogP contribution is 2.19. The average Bonchev–Trinajstić information content (AvgIpc) is 2.62. The van der Waals surface area contributed by atoms with Gasteiger partial charge in [-0.2, -0.15) is 0 Å². The summed E-state index contributed by atoms with van der Waals surface area (Å²) in [5, 5.41) is 0. The van der Waals surface area contributed by atoms with E-state index in [1.54, 1.807) is 0 Å². The molecule has 1 aromatic carbocycles. The van der Waals surface area contributed by atoms with Crippen molar-refractivity contribution < 1.29 is 4.74 Å². The van der Waals surface area contributed by atoms with Gasteiger partial charge in [0.1, 0.15) is 0 Å². The summed E-state index contributed by atoms with van der Waals surface area (Å²) in [5.74, 6) is 0. The van der Waals surface area contributed by atoms with Gasteiger partial charge in [0.25, 0.3) is 0 Å². The largest absolute Gasteiger partial charge is 0.379 e. The zero-order valence-corrected chi connectivity index (χ0v) is 16.3. The Morgan fingerprint density at radius 3 is 2.32 bits per heavy atom. The lowest BCUT2D eigenvalue weighted by molar-refractivity contribution is 0.0341. The molecular formula is C21H35N3O. The second-order valence-electron chi connectivity index (χ2n) is 7.84. The maximum absolute atomic E-state index is 5.46. The van der Waals surface area contributed by atoms with Gasteiger partial charge in [-0.25, -0.2) is 0 Å². The number of hydrogen-bond donors (Lipinski definition) is 0. The second-order valence-corrected chi connectivity index (χ2v) is 7.84. The Bertz CT molecular complexity index is 528. The van der Waals surface area contributed by atoms with Crippen LogP contribution in [0.25, 0.3) is 0 Å². The van der Waals surface area contributed by atoms with Crippen LogP contribution in [0, 0.1) is 0 Å². The predicted octanol–water partition coefficient (Wildman–Crippen LogP) is 2.82. The van der Waals surface area contributed by atoms with E-state index in [-0.39, 0.29) is 0 Å². The minimum atomic E-state index is 0.656. The molecule has 0 aliphatic carbocycles. The summed E-state index contributed by atoms with van der Waals surface area (Å²) in [6.45, 7) is 16.5. The number of benzene rings is 1. The Morgan fingerprint density at radius 2 is 1.68 bits per heavy atom. The molecule has 2 saturated heterocycles. The van der Waals surface area contributed by atoms with E-state index in [0.29, 0.717) is 12.1 Å². The first-order valence-electron chi connectivity index (χ1n) is 10.0. The summed E-state index contributed by atoms with van der Waals surface area (Å²) in [6.07, 6.45) is 1.24. The fourth-order valence-electron chi connectivity index (χ4n) is 4.22. The lowest BCUT2D eigenvalue weighted by Gasteiger charge is -2.43. The molecule has 0 N–H and O–H groups in total. The van der Waals surface area contributed by atoms with Crippen LogP contribution in [0.1, 0.15) is 38.3 Å².